The van der Waals surface area contributed by atoms with Crippen LogP contribution in [-0.2, 0) is 13.0 Å². The Bertz CT molecular complexity index is 769. The molecule has 1 N–H and O–H groups in total. The van der Waals surface area contributed by atoms with Crippen LogP contribution < -0.4 is 0 Å². The summed E-state index contributed by atoms with van der Waals surface area (Å²) in [5.74, 6) is -0.496. The topological polar surface area (TPSA) is 50.9 Å². The van der Waals surface area contributed by atoms with Gasteiger partial charge >= 0.3 is 0 Å². The molecule has 0 saturated heterocycles. The summed E-state index contributed by atoms with van der Waals surface area (Å²) in [7, 11) is 0. The first-order valence-corrected chi connectivity index (χ1v) is 6.93. The molecule has 2 heterocycles. The summed E-state index contributed by atoms with van der Waals surface area (Å²) in [4.78, 5) is 3.92. The predicted molar refractivity (Wildman–Crippen MR) is 78.3 cm³/mol. The molecule has 0 saturated carbocycles. The fourth-order valence-electron chi connectivity index (χ4n) is 2.51. The highest BCUT2D eigenvalue weighted by molar-refractivity contribution is 5.82. The Labute approximate surface area is 121 Å². The van der Waals surface area contributed by atoms with Crippen molar-refractivity contribution in [1.29, 1.82) is 0 Å². The number of aryl methyl sites for hydroxylation is 1. The lowest BCUT2D eigenvalue weighted by molar-refractivity contribution is 0.167. The van der Waals surface area contributed by atoms with Gasteiger partial charge in [-0.15, -0.1) is 0 Å². The first kappa shape index (κ1) is 13.7. The van der Waals surface area contributed by atoms with E-state index >= 15 is 0 Å². The first-order chi connectivity index (χ1) is 10.2. The molecule has 0 aliphatic carbocycles. The molecular weight excluding hydrogens is 269 g/mol. The highest BCUT2D eigenvalue weighted by Gasteiger charge is 2.18. The molecule has 0 bridgehead atoms. The number of benzene rings is 1. The van der Waals surface area contributed by atoms with Gasteiger partial charge in [0.2, 0.25) is 0 Å². The number of fused-ring (bicyclic) bond motifs is 1. The van der Waals surface area contributed by atoms with Crippen molar-refractivity contribution in [3.63, 3.8) is 0 Å². The zero-order valence-electron chi connectivity index (χ0n) is 11.7. The molecule has 3 rings (SSSR count). The number of aliphatic hydroxyl groups is 1. The third-order valence-corrected chi connectivity index (χ3v) is 3.52. The minimum atomic E-state index is -1.00. The normalized spacial score (nSPS) is 12.7. The predicted octanol–water partition coefficient (Wildman–Crippen LogP) is 2.87. The van der Waals surface area contributed by atoms with Crippen LogP contribution in [0.1, 0.15) is 24.4 Å². The van der Waals surface area contributed by atoms with Gasteiger partial charge in [0.05, 0.1) is 11.2 Å². The van der Waals surface area contributed by atoms with Gasteiger partial charge in [-0.2, -0.15) is 5.10 Å². The summed E-state index contributed by atoms with van der Waals surface area (Å²) >= 11 is 0. The van der Waals surface area contributed by atoms with E-state index < -0.39 is 11.9 Å². The number of nitrogens with zero attached hydrogens (tertiary/aromatic N) is 3. The van der Waals surface area contributed by atoms with Crippen molar-refractivity contribution in [3.8, 4) is 0 Å². The average Bonchev–Trinajstić information content (AvgIpc) is 2.86. The van der Waals surface area contributed by atoms with Gasteiger partial charge < -0.3 is 5.11 Å². The molecule has 2 aromatic heterocycles. The second-order valence-corrected chi connectivity index (χ2v) is 4.87. The molecule has 3 aromatic rings. The average molecular weight is 285 g/mol. The van der Waals surface area contributed by atoms with Gasteiger partial charge in [0.25, 0.3) is 0 Å². The van der Waals surface area contributed by atoms with Crippen molar-refractivity contribution in [1.82, 2.24) is 14.8 Å². The lowest BCUT2D eigenvalue weighted by Gasteiger charge is -2.09. The Morgan fingerprint density at radius 1 is 1.24 bits per heavy atom. The summed E-state index contributed by atoms with van der Waals surface area (Å²) in [5, 5.41) is 15.7. The number of aromatic nitrogens is 3. The molecule has 5 heteroatoms. The third-order valence-electron chi connectivity index (χ3n) is 3.52. The minimum absolute atomic E-state index is 0.0626. The molecule has 4 nitrogen and oxygen atoms in total. The van der Waals surface area contributed by atoms with Crippen LogP contribution in [0.2, 0.25) is 0 Å². The van der Waals surface area contributed by atoms with Gasteiger partial charge in [-0.05, 0) is 25.1 Å². The largest absolute Gasteiger partial charge is 0.386 e. The van der Waals surface area contributed by atoms with E-state index in [2.05, 4.69) is 10.1 Å². The fourth-order valence-corrected chi connectivity index (χ4v) is 2.51. The molecule has 108 valence electrons. The molecule has 1 atom stereocenters. The maximum absolute atomic E-state index is 13.7. The van der Waals surface area contributed by atoms with Crippen molar-refractivity contribution in [2.45, 2.75) is 26.0 Å². The van der Waals surface area contributed by atoms with Gasteiger partial charge in [-0.25, -0.2) is 4.39 Å². The third kappa shape index (κ3) is 2.52. The number of aliphatic hydroxyl groups excluding tert-OH is 1. The molecule has 0 aliphatic heterocycles. The van der Waals surface area contributed by atoms with Crippen LogP contribution in [0, 0.1) is 5.82 Å². The van der Waals surface area contributed by atoms with E-state index in [4.69, 9.17) is 0 Å². The Balaban J connectivity index is 1.97. The lowest BCUT2D eigenvalue weighted by atomic mass is 10.1. The number of hydrogen-bond donors (Lipinski definition) is 1. The van der Waals surface area contributed by atoms with Crippen molar-refractivity contribution >= 4 is 10.9 Å². The quantitative estimate of drug-likeness (QED) is 0.802. The van der Waals surface area contributed by atoms with Crippen LogP contribution in [0.25, 0.3) is 10.9 Å². The summed E-state index contributed by atoms with van der Waals surface area (Å²) < 4.78 is 15.6. The molecule has 1 unspecified atom stereocenters. The Morgan fingerprint density at radius 2 is 2.05 bits per heavy atom. The number of rotatable bonds is 4. The van der Waals surface area contributed by atoms with Gasteiger partial charge in [0.1, 0.15) is 17.6 Å². The highest BCUT2D eigenvalue weighted by Crippen LogP contribution is 2.24. The monoisotopic (exact) mass is 285 g/mol. The first-order valence-electron chi connectivity index (χ1n) is 6.93. The maximum atomic E-state index is 13.7. The van der Waals surface area contributed by atoms with E-state index in [1.165, 1.54) is 18.3 Å². The van der Waals surface area contributed by atoms with Crippen molar-refractivity contribution in [2.24, 2.45) is 0 Å². The van der Waals surface area contributed by atoms with Crippen LogP contribution >= 0.6 is 0 Å². The summed E-state index contributed by atoms with van der Waals surface area (Å²) in [5.41, 5.74) is 1.83. The second-order valence-electron chi connectivity index (χ2n) is 4.87. The number of pyridine rings is 1. The molecule has 1 aromatic carbocycles. The Kier molecular flexibility index (Phi) is 3.66. The molecular formula is C16H16FN3O. The summed E-state index contributed by atoms with van der Waals surface area (Å²) in [6, 6.07) is 10.6. The van der Waals surface area contributed by atoms with Crippen LogP contribution in [0.4, 0.5) is 4.39 Å². The van der Waals surface area contributed by atoms with Crippen molar-refractivity contribution in [3.05, 3.63) is 59.8 Å². The summed E-state index contributed by atoms with van der Waals surface area (Å²) in [6.45, 7) is 2.76. The van der Waals surface area contributed by atoms with E-state index in [0.29, 0.717) is 0 Å². The van der Waals surface area contributed by atoms with E-state index in [1.54, 1.807) is 0 Å². The fraction of sp³-hybridized carbons (Fsp3) is 0.250. The van der Waals surface area contributed by atoms with E-state index in [1.807, 2.05) is 35.9 Å². The molecule has 0 aliphatic rings. The van der Waals surface area contributed by atoms with Gasteiger partial charge in [-0.1, -0.05) is 18.2 Å². The molecule has 21 heavy (non-hydrogen) atoms. The van der Waals surface area contributed by atoms with Gasteiger partial charge in [0.15, 0.2) is 0 Å². The second kappa shape index (κ2) is 5.61. The molecule has 0 amide bonds. The SMILES string of the molecule is CCn1nc(CC(O)c2ncccc2F)c2ccccc21. The van der Waals surface area contributed by atoms with Crippen LogP contribution in [0.5, 0.6) is 0 Å². The standard InChI is InChI=1S/C16H16FN3O/c1-2-20-14-8-4-3-6-11(14)13(19-20)10-15(21)16-12(17)7-5-9-18-16/h3-9,15,21H,2,10H2,1H3. The van der Waals surface area contributed by atoms with Gasteiger partial charge in [-0.3, -0.25) is 9.67 Å². The molecule has 0 spiro atoms. The van der Waals surface area contributed by atoms with E-state index in [0.717, 1.165) is 23.1 Å². The molecule has 0 fully saturated rings. The molecule has 0 radical (unpaired) electrons. The van der Waals surface area contributed by atoms with Gasteiger partial charge in [0, 0.05) is 24.5 Å². The Morgan fingerprint density at radius 3 is 2.81 bits per heavy atom. The summed E-state index contributed by atoms with van der Waals surface area (Å²) in [6.07, 6.45) is 0.709. The minimum Gasteiger partial charge on any atom is -0.386 e. The smallest absolute Gasteiger partial charge is 0.147 e. The number of para-hydroxylation sites is 1. The number of hydrogen-bond acceptors (Lipinski definition) is 3. The number of halogens is 1. The highest BCUT2D eigenvalue weighted by atomic mass is 19.1. The van der Waals surface area contributed by atoms with Crippen LogP contribution in [0.15, 0.2) is 42.6 Å². The Hall–Kier alpha value is -2.27. The van der Waals surface area contributed by atoms with Crippen LogP contribution in [0.3, 0.4) is 0 Å². The maximum Gasteiger partial charge on any atom is 0.147 e. The van der Waals surface area contributed by atoms with E-state index in [9.17, 15) is 9.50 Å². The van der Waals surface area contributed by atoms with Crippen molar-refractivity contribution in [2.75, 3.05) is 0 Å². The zero-order chi connectivity index (χ0) is 14.8. The van der Waals surface area contributed by atoms with E-state index in [-0.39, 0.29) is 12.1 Å². The van der Waals surface area contributed by atoms with Crippen molar-refractivity contribution < 1.29 is 9.50 Å². The zero-order valence-corrected chi connectivity index (χ0v) is 11.7. The lowest BCUT2D eigenvalue weighted by Crippen LogP contribution is -2.08. The van der Waals surface area contributed by atoms with Crippen LogP contribution in [-0.4, -0.2) is 19.9 Å².